The van der Waals surface area contributed by atoms with Crippen molar-refractivity contribution < 1.29 is 19.1 Å². The van der Waals surface area contributed by atoms with Gasteiger partial charge in [0.05, 0.1) is 26.8 Å². The maximum absolute atomic E-state index is 12.8. The molecule has 2 amide bonds. The molecular formula is C23H27N3O4. The zero-order valence-corrected chi connectivity index (χ0v) is 17.4. The minimum absolute atomic E-state index is 0.0166. The van der Waals surface area contributed by atoms with Gasteiger partial charge in [-0.1, -0.05) is 0 Å². The second-order valence-corrected chi connectivity index (χ2v) is 8.24. The van der Waals surface area contributed by atoms with Gasteiger partial charge in [-0.25, -0.2) is 0 Å². The van der Waals surface area contributed by atoms with E-state index in [0.29, 0.717) is 38.2 Å². The van der Waals surface area contributed by atoms with E-state index in [1.807, 2.05) is 42.2 Å². The van der Waals surface area contributed by atoms with Gasteiger partial charge in [0.15, 0.2) is 0 Å². The van der Waals surface area contributed by atoms with Gasteiger partial charge in [0, 0.05) is 30.9 Å². The van der Waals surface area contributed by atoms with Gasteiger partial charge in [-0.05, 0) is 60.7 Å². The molecule has 1 N–H and O–H groups in total. The third-order valence-electron chi connectivity index (χ3n) is 5.91. The van der Waals surface area contributed by atoms with Gasteiger partial charge in [-0.3, -0.25) is 14.6 Å². The molecule has 2 aromatic rings. The van der Waals surface area contributed by atoms with Crippen molar-refractivity contribution in [2.24, 2.45) is 5.92 Å². The van der Waals surface area contributed by atoms with E-state index in [2.05, 4.69) is 10.3 Å². The van der Waals surface area contributed by atoms with Gasteiger partial charge in [0.1, 0.15) is 11.4 Å². The van der Waals surface area contributed by atoms with Crippen LogP contribution >= 0.6 is 0 Å². The molecule has 2 aliphatic heterocycles. The molecule has 0 saturated carbocycles. The molecule has 1 aromatic heterocycles. The summed E-state index contributed by atoms with van der Waals surface area (Å²) in [5, 5.41) is 2.96. The Bertz CT molecular complexity index is 925. The Hall–Kier alpha value is -2.93. The number of amides is 2. The highest BCUT2D eigenvalue weighted by Gasteiger charge is 2.51. The average molecular weight is 409 g/mol. The number of ether oxygens (including phenoxy) is 2. The molecule has 0 bridgehead atoms. The van der Waals surface area contributed by atoms with Crippen molar-refractivity contribution in [3.8, 4) is 5.75 Å². The summed E-state index contributed by atoms with van der Waals surface area (Å²) in [7, 11) is 1.61. The van der Waals surface area contributed by atoms with Crippen LogP contribution in [0.1, 0.15) is 34.3 Å². The molecule has 7 nitrogen and oxygen atoms in total. The van der Waals surface area contributed by atoms with Crippen LogP contribution in [0.25, 0.3) is 0 Å². The second-order valence-electron chi connectivity index (χ2n) is 8.24. The number of carbonyl (C=O) groups is 2. The highest BCUT2D eigenvalue weighted by molar-refractivity contribution is 5.96. The van der Waals surface area contributed by atoms with E-state index in [0.717, 1.165) is 23.3 Å². The molecule has 1 aromatic carbocycles. The molecule has 2 fully saturated rings. The normalized spacial score (nSPS) is 19.4. The lowest BCUT2D eigenvalue weighted by Crippen LogP contribution is -2.63. The van der Waals surface area contributed by atoms with Crippen molar-refractivity contribution >= 4 is 11.8 Å². The molecule has 2 saturated heterocycles. The fourth-order valence-corrected chi connectivity index (χ4v) is 4.29. The fraction of sp³-hybridized carbons (Fsp3) is 0.435. The highest BCUT2D eigenvalue weighted by Crippen LogP contribution is 2.39. The third-order valence-corrected chi connectivity index (χ3v) is 5.91. The van der Waals surface area contributed by atoms with Crippen molar-refractivity contribution in [2.45, 2.75) is 31.9 Å². The number of aryl methyl sites for hydroxylation is 1. The van der Waals surface area contributed by atoms with Crippen LogP contribution in [0.3, 0.4) is 0 Å². The quantitative estimate of drug-likeness (QED) is 0.792. The van der Waals surface area contributed by atoms with Crippen LogP contribution in [0, 0.1) is 12.8 Å². The lowest BCUT2D eigenvalue weighted by atomic mass is 9.85. The van der Waals surface area contributed by atoms with Gasteiger partial charge in [0.25, 0.3) is 5.91 Å². The number of nitrogens with one attached hydrogen (secondary N) is 1. The first-order valence-corrected chi connectivity index (χ1v) is 10.2. The molecular weight excluding hydrogens is 382 g/mol. The van der Waals surface area contributed by atoms with Crippen LogP contribution in [-0.4, -0.2) is 54.1 Å². The van der Waals surface area contributed by atoms with Crippen molar-refractivity contribution in [2.75, 3.05) is 26.8 Å². The largest absolute Gasteiger partial charge is 0.497 e. The number of carbonyl (C=O) groups excluding carboxylic acids is 2. The Morgan fingerprint density at radius 3 is 2.73 bits per heavy atom. The van der Waals surface area contributed by atoms with Gasteiger partial charge in [-0.15, -0.1) is 0 Å². The van der Waals surface area contributed by atoms with E-state index in [1.54, 1.807) is 19.5 Å². The molecule has 0 aliphatic carbocycles. The van der Waals surface area contributed by atoms with E-state index in [4.69, 9.17) is 9.47 Å². The number of benzene rings is 1. The predicted molar refractivity (Wildman–Crippen MR) is 111 cm³/mol. The van der Waals surface area contributed by atoms with Crippen molar-refractivity contribution in [3.05, 3.63) is 59.4 Å². The van der Waals surface area contributed by atoms with Gasteiger partial charge in [0.2, 0.25) is 5.91 Å². The third kappa shape index (κ3) is 4.31. The highest BCUT2D eigenvalue weighted by atomic mass is 16.5. The lowest BCUT2D eigenvalue weighted by molar-refractivity contribution is -0.122. The number of pyridine rings is 1. The molecule has 158 valence electrons. The van der Waals surface area contributed by atoms with E-state index in [-0.39, 0.29) is 23.3 Å². The molecule has 0 radical (unpaired) electrons. The summed E-state index contributed by atoms with van der Waals surface area (Å²) in [4.78, 5) is 30.9. The molecule has 30 heavy (non-hydrogen) atoms. The molecule has 1 unspecified atom stereocenters. The van der Waals surface area contributed by atoms with E-state index in [9.17, 15) is 9.59 Å². The number of hydrogen-bond acceptors (Lipinski definition) is 5. The summed E-state index contributed by atoms with van der Waals surface area (Å²) in [6, 6.07) is 9.27. The van der Waals surface area contributed by atoms with Crippen molar-refractivity contribution in [1.29, 1.82) is 0 Å². The Balaban J connectivity index is 1.25. The number of aromatic nitrogens is 1. The first-order valence-electron chi connectivity index (χ1n) is 10.2. The SMILES string of the molecule is COc1ccc(C(=O)N2CC3(CC(CC(=O)NCc4ccncc4)CO3)C2)c(C)c1. The monoisotopic (exact) mass is 409 g/mol. The molecule has 7 heteroatoms. The Morgan fingerprint density at radius 2 is 2.03 bits per heavy atom. The number of likely N-dealkylation sites (tertiary alicyclic amines) is 1. The summed E-state index contributed by atoms with van der Waals surface area (Å²) in [6.07, 6.45) is 4.68. The molecule has 3 heterocycles. The van der Waals surface area contributed by atoms with Crippen LogP contribution in [0.5, 0.6) is 5.75 Å². The second kappa shape index (κ2) is 8.44. The first-order chi connectivity index (χ1) is 14.5. The maximum atomic E-state index is 12.8. The van der Waals surface area contributed by atoms with Crippen LogP contribution < -0.4 is 10.1 Å². The van der Waals surface area contributed by atoms with Crippen LogP contribution in [0.4, 0.5) is 0 Å². The van der Waals surface area contributed by atoms with E-state index in [1.165, 1.54) is 0 Å². The van der Waals surface area contributed by atoms with Crippen LogP contribution in [0.2, 0.25) is 0 Å². The molecule has 1 atom stereocenters. The Morgan fingerprint density at radius 1 is 1.27 bits per heavy atom. The topological polar surface area (TPSA) is 80.8 Å². The van der Waals surface area contributed by atoms with Crippen molar-refractivity contribution in [1.82, 2.24) is 15.2 Å². The molecule has 2 aliphatic rings. The summed E-state index contributed by atoms with van der Waals surface area (Å²) >= 11 is 0. The predicted octanol–water partition coefficient (Wildman–Crippen LogP) is 2.34. The molecule has 1 spiro atoms. The first kappa shape index (κ1) is 20.3. The van der Waals surface area contributed by atoms with E-state index < -0.39 is 0 Å². The standard InChI is InChI=1S/C23H27N3O4/c1-16-9-19(29-2)3-4-20(16)22(28)26-14-23(15-26)11-18(13-30-23)10-21(27)25-12-17-5-7-24-8-6-17/h3-9,18H,10-15H2,1-2H3,(H,25,27). The van der Waals surface area contributed by atoms with Gasteiger partial charge in [-0.2, -0.15) is 0 Å². The van der Waals surface area contributed by atoms with E-state index >= 15 is 0 Å². The smallest absolute Gasteiger partial charge is 0.254 e. The molecule has 4 rings (SSSR count). The maximum Gasteiger partial charge on any atom is 0.254 e. The minimum Gasteiger partial charge on any atom is -0.497 e. The summed E-state index contributed by atoms with van der Waals surface area (Å²) in [6.45, 7) is 4.13. The van der Waals surface area contributed by atoms with Gasteiger partial charge < -0.3 is 19.7 Å². The summed E-state index contributed by atoms with van der Waals surface area (Å²) in [5.74, 6) is 0.970. The Labute approximate surface area is 176 Å². The zero-order valence-electron chi connectivity index (χ0n) is 17.4. The fourth-order valence-electron chi connectivity index (χ4n) is 4.29. The Kier molecular flexibility index (Phi) is 5.72. The van der Waals surface area contributed by atoms with Crippen LogP contribution in [-0.2, 0) is 16.1 Å². The summed E-state index contributed by atoms with van der Waals surface area (Å²) < 4.78 is 11.2. The minimum atomic E-state index is -0.300. The van der Waals surface area contributed by atoms with Crippen molar-refractivity contribution in [3.63, 3.8) is 0 Å². The zero-order chi connectivity index (χ0) is 21.1. The summed E-state index contributed by atoms with van der Waals surface area (Å²) in [5.41, 5.74) is 2.32. The average Bonchev–Trinajstić information content (AvgIpc) is 3.15. The lowest BCUT2D eigenvalue weighted by Gasteiger charge is -2.47. The number of methoxy groups -OCH3 is 1. The van der Waals surface area contributed by atoms with Crippen LogP contribution in [0.15, 0.2) is 42.7 Å². The number of nitrogens with zero attached hydrogens (tertiary/aromatic N) is 2. The van der Waals surface area contributed by atoms with Gasteiger partial charge >= 0.3 is 0 Å². The number of hydrogen-bond donors (Lipinski definition) is 1. The number of rotatable bonds is 6.